The predicted molar refractivity (Wildman–Crippen MR) is 54.8 cm³/mol. The van der Waals surface area contributed by atoms with Crippen molar-refractivity contribution in [1.82, 2.24) is 5.32 Å². The first-order valence-electron chi connectivity index (χ1n) is 4.78. The fraction of sp³-hybridized carbons (Fsp3) is 0.300. The largest absolute Gasteiger partial charge is 0.369 e. The fourth-order valence-electron chi connectivity index (χ4n) is 1.56. The number of nitrogens with one attached hydrogen (secondary N) is 1. The quantitative estimate of drug-likeness (QED) is 0.592. The zero-order chi connectivity index (χ0) is 11.5. The van der Waals surface area contributed by atoms with Crippen LogP contribution in [0.15, 0.2) is 24.3 Å². The maximum absolute atomic E-state index is 11.1. The van der Waals surface area contributed by atoms with Gasteiger partial charge >= 0.3 is 0 Å². The number of carbonyl (C=O) groups is 1. The van der Waals surface area contributed by atoms with E-state index in [9.17, 15) is 14.9 Å². The number of ether oxygens (including phenoxy) is 1. The van der Waals surface area contributed by atoms with Crippen molar-refractivity contribution in [3.05, 3.63) is 39.9 Å². The van der Waals surface area contributed by atoms with E-state index in [0.29, 0.717) is 6.61 Å². The molecule has 1 aliphatic heterocycles. The van der Waals surface area contributed by atoms with Crippen LogP contribution in [0.25, 0.3) is 0 Å². The van der Waals surface area contributed by atoms with Gasteiger partial charge in [-0.2, -0.15) is 0 Å². The van der Waals surface area contributed by atoms with Crippen LogP contribution in [0.2, 0.25) is 0 Å². The normalized spacial score (nSPS) is 20.2. The van der Waals surface area contributed by atoms with E-state index in [2.05, 4.69) is 5.32 Å². The van der Waals surface area contributed by atoms with E-state index in [-0.39, 0.29) is 24.2 Å². The number of amides is 1. The van der Waals surface area contributed by atoms with Crippen LogP contribution in [-0.2, 0) is 9.53 Å². The molecule has 16 heavy (non-hydrogen) atoms. The van der Waals surface area contributed by atoms with Gasteiger partial charge in [0.1, 0.15) is 6.61 Å². The molecule has 1 unspecified atom stereocenters. The molecule has 6 nitrogen and oxygen atoms in total. The molecule has 0 saturated carbocycles. The second-order valence-corrected chi connectivity index (χ2v) is 3.48. The Morgan fingerprint density at radius 3 is 2.62 bits per heavy atom. The first-order valence-corrected chi connectivity index (χ1v) is 4.78. The Hall–Kier alpha value is -1.95. The lowest BCUT2D eigenvalue weighted by Crippen LogP contribution is -2.39. The number of morpholine rings is 1. The number of benzene rings is 1. The van der Waals surface area contributed by atoms with Gasteiger partial charge in [0.25, 0.3) is 5.69 Å². The number of non-ortho nitro benzene ring substituents is 1. The van der Waals surface area contributed by atoms with Crippen LogP contribution < -0.4 is 5.32 Å². The van der Waals surface area contributed by atoms with E-state index >= 15 is 0 Å². The molecule has 0 spiro atoms. The molecular weight excluding hydrogens is 212 g/mol. The summed E-state index contributed by atoms with van der Waals surface area (Å²) in [6.45, 7) is 0.465. The lowest BCUT2D eigenvalue weighted by atomic mass is 10.1. The van der Waals surface area contributed by atoms with Crippen LogP contribution in [0.1, 0.15) is 11.6 Å². The summed E-state index contributed by atoms with van der Waals surface area (Å²) in [5.41, 5.74) is 0.838. The first-order chi connectivity index (χ1) is 7.66. The average molecular weight is 222 g/mol. The van der Waals surface area contributed by atoms with Crippen LogP contribution in [0.5, 0.6) is 0 Å². The molecular formula is C10H10N2O4. The van der Waals surface area contributed by atoms with E-state index in [0.717, 1.165) is 5.56 Å². The zero-order valence-electron chi connectivity index (χ0n) is 8.38. The highest BCUT2D eigenvalue weighted by Crippen LogP contribution is 2.19. The molecule has 2 rings (SSSR count). The Kier molecular flexibility index (Phi) is 2.82. The number of hydrogen-bond donors (Lipinski definition) is 1. The van der Waals surface area contributed by atoms with Crippen LogP contribution >= 0.6 is 0 Å². The topological polar surface area (TPSA) is 81.5 Å². The maximum Gasteiger partial charge on any atom is 0.269 e. The SMILES string of the molecule is O=C1COCC(c2ccc([N+](=O)[O-])cc2)N1. The average Bonchev–Trinajstić information content (AvgIpc) is 2.29. The minimum Gasteiger partial charge on any atom is -0.369 e. The molecule has 1 aromatic carbocycles. The molecule has 1 aliphatic rings. The summed E-state index contributed by atoms with van der Waals surface area (Å²) in [5.74, 6) is -0.172. The zero-order valence-corrected chi connectivity index (χ0v) is 8.38. The Bertz CT molecular complexity index is 415. The summed E-state index contributed by atoms with van der Waals surface area (Å²) in [7, 11) is 0. The van der Waals surface area contributed by atoms with Crippen molar-refractivity contribution in [3.63, 3.8) is 0 Å². The van der Waals surface area contributed by atoms with Gasteiger partial charge in [-0.25, -0.2) is 0 Å². The predicted octanol–water partition coefficient (Wildman–Crippen LogP) is 0.782. The number of nitro benzene ring substituents is 1. The maximum atomic E-state index is 11.1. The van der Waals surface area contributed by atoms with Crippen molar-refractivity contribution in [3.8, 4) is 0 Å². The van der Waals surface area contributed by atoms with E-state index in [1.54, 1.807) is 12.1 Å². The van der Waals surface area contributed by atoms with Crippen LogP contribution in [-0.4, -0.2) is 24.0 Å². The highest BCUT2D eigenvalue weighted by molar-refractivity contribution is 5.78. The van der Waals surface area contributed by atoms with E-state index in [4.69, 9.17) is 4.74 Å². The van der Waals surface area contributed by atoms with E-state index < -0.39 is 4.92 Å². The summed E-state index contributed by atoms with van der Waals surface area (Å²) in [6, 6.07) is 5.85. The monoisotopic (exact) mass is 222 g/mol. The second-order valence-electron chi connectivity index (χ2n) is 3.48. The Balaban J connectivity index is 2.14. The molecule has 1 saturated heterocycles. The Morgan fingerprint density at radius 2 is 2.06 bits per heavy atom. The Morgan fingerprint density at radius 1 is 1.38 bits per heavy atom. The fourth-order valence-corrected chi connectivity index (χ4v) is 1.56. The van der Waals surface area contributed by atoms with Crippen molar-refractivity contribution in [2.75, 3.05) is 13.2 Å². The number of hydrogen-bond acceptors (Lipinski definition) is 4. The summed E-state index contributed by atoms with van der Waals surface area (Å²) < 4.78 is 5.08. The van der Waals surface area contributed by atoms with Gasteiger partial charge in [0.2, 0.25) is 5.91 Å². The van der Waals surface area contributed by atoms with Gasteiger partial charge in [-0.15, -0.1) is 0 Å². The molecule has 6 heteroatoms. The van der Waals surface area contributed by atoms with E-state index in [1.807, 2.05) is 0 Å². The molecule has 84 valence electrons. The number of carbonyl (C=O) groups excluding carboxylic acids is 1. The van der Waals surface area contributed by atoms with Gasteiger partial charge in [0.15, 0.2) is 0 Å². The first kappa shape index (κ1) is 10.6. The molecule has 1 aromatic rings. The molecule has 1 amide bonds. The third kappa shape index (κ3) is 2.17. The van der Waals surface area contributed by atoms with Crippen LogP contribution in [0, 0.1) is 10.1 Å². The summed E-state index contributed by atoms with van der Waals surface area (Å²) in [6.07, 6.45) is 0. The lowest BCUT2D eigenvalue weighted by Gasteiger charge is -2.23. The highest BCUT2D eigenvalue weighted by atomic mass is 16.6. The number of rotatable bonds is 2. The molecule has 0 bridgehead atoms. The standard InChI is InChI=1S/C10H10N2O4/c13-10-6-16-5-9(11-10)7-1-3-8(4-2-7)12(14)15/h1-4,9H,5-6H2,(H,11,13). The van der Waals surface area contributed by atoms with Gasteiger partial charge in [-0.3, -0.25) is 14.9 Å². The molecule has 1 atom stereocenters. The third-order valence-corrected chi connectivity index (χ3v) is 2.36. The van der Waals surface area contributed by atoms with Crippen molar-refractivity contribution in [2.24, 2.45) is 0 Å². The third-order valence-electron chi connectivity index (χ3n) is 2.36. The van der Waals surface area contributed by atoms with Crippen molar-refractivity contribution >= 4 is 11.6 Å². The van der Waals surface area contributed by atoms with Crippen LogP contribution in [0.4, 0.5) is 5.69 Å². The minimum atomic E-state index is -0.459. The molecule has 0 radical (unpaired) electrons. The molecule has 1 fully saturated rings. The lowest BCUT2D eigenvalue weighted by molar-refractivity contribution is -0.384. The summed E-state index contributed by atoms with van der Waals surface area (Å²) >= 11 is 0. The Labute approximate surface area is 91.4 Å². The smallest absolute Gasteiger partial charge is 0.269 e. The van der Waals surface area contributed by atoms with E-state index in [1.165, 1.54) is 12.1 Å². The van der Waals surface area contributed by atoms with Crippen molar-refractivity contribution < 1.29 is 14.5 Å². The molecule has 0 aliphatic carbocycles. The summed E-state index contributed by atoms with van der Waals surface area (Å²) in [4.78, 5) is 21.1. The summed E-state index contributed by atoms with van der Waals surface area (Å²) in [5, 5.41) is 13.2. The van der Waals surface area contributed by atoms with Crippen molar-refractivity contribution in [1.29, 1.82) is 0 Å². The molecule has 0 aromatic heterocycles. The van der Waals surface area contributed by atoms with Gasteiger partial charge in [0, 0.05) is 12.1 Å². The van der Waals surface area contributed by atoms with Gasteiger partial charge in [0.05, 0.1) is 17.6 Å². The highest BCUT2D eigenvalue weighted by Gasteiger charge is 2.20. The second kappa shape index (κ2) is 4.28. The van der Waals surface area contributed by atoms with Gasteiger partial charge < -0.3 is 10.1 Å². The number of nitro groups is 1. The van der Waals surface area contributed by atoms with Crippen LogP contribution in [0.3, 0.4) is 0 Å². The molecule has 1 heterocycles. The molecule has 1 N–H and O–H groups in total. The van der Waals surface area contributed by atoms with Gasteiger partial charge in [-0.1, -0.05) is 12.1 Å². The van der Waals surface area contributed by atoms with Crippen molar-refractivity contribution in [2.45, 2.75) is 6.04 Å². The van der Waals surface area contributed by atoms with Gasteiger partial charge in [-0.05, 0) is 5.56 Å². The number of nitrogens with zero attached hydrogens (tertiary/aromatic N) is 1. The minimum absolute atomic E-state index is 0.0341.